The van der Waals surface area contributed by atoms with E-state index in [0.717, 1.165) is 23.4 Å². The van der Waals surface area contributed by atoms with Crippen LogP contribution in [0.2, 0.25) is 0 Å². The highest BCUT2D eigenvalue weighted by molar-refractivity contribution is 6.07. The van der Waals surface area contributed by atoms with Gasteiger partial charge in [-0.25, -0.2) is 0 Å². The molecular formula is C14H18N2. The van der Waals surface area contributed by atoms with Gasteiger partial charge in [0.25, 0.3) is 0 Å². The molecule has 3 rings (SSSR count). The van der Waals surface area contributed by atoms with Crippen molar-refractivity contribution in [3.8, 4) is 0 Å². The van der Waals surface area contributed by atoms with E-state index in [0.29, 0.717) is 17.4 Å². The Morgan fingerprint density at radius 3 is 2.81 bits per heavy atom. The largest absolute Gasteiger partial charge is 0.381 e. The summed E-state index contributed by atoms with van der Waals surface area (Å²) in [5.41, 5.74) is 3.45. The number of para-hydroxylation sites is 1. The molecule has 1 heterocycles. The number of rotatable bonds is 0. The molecule has 1 aromatic rings. The number of hydrogen-bond donors (Lipinski definition) is 2. The fraction of sp³-hybridized carbons (Fsp3) is 0.500. The third-order valence-corrected chi connectivity index (χ3v) is 3.96. The predicted octanol–water partition coefficient (Wildman–Crippen LogP) is 3.28. The molecule has 0 saturated heterocycles. The van der Waals surface area contributed by atoms with E-state index in [4.69, 9.17) is 5.41 Å². The highest BCUT2D eigenvalue weighted by Crippen LogP contribution is 2.46. The van der Waals surface area contributed by atoms with Crippen molar-refractivity contribution in [1.29, 1.82) is 5.41 Å². The van der Waals surface area contributed by atoms with Gasteiger partial charge in [0, 0.05) is 28.9 Å². The van der Waals surface area contributed by atoms with E-state index in [2.05, 4.69) is 31.3 Å². The predicted molar refractivity (Wildman–Crippen MR) is 67.2 cm³/mol. The first-order valence-corrected chi connectivity index (χ1v) is 6.01. The smallest absolute Gasteiger partial charge is 0.0458 e. The average Bonchev–Trinajstić information content (AvgIpc) is 2.53. The summed E-state index contributed by atoms with van der Waals surface area (Å²) in [6.07, 6.45) is 2.31. The maximum absolute atomic E-state index is 8.33. The monoisotopic (exact) mass is 214 g/mol. The summed E-state index contributed by atoms with van der Waals surface area (Å²) in [5, 5.41) is 11.9. The maximum atomic E-state index is 8.33. The summed E-state index contributed by atoms with van der Waals surface area (Å²) in [4.78, 5) is 0. The summed E-state index contributed by atoms with van der Waals surface area (Å²) < 4.78 is 0. The highest BCUT2D eigenvalue weighted by atomic mass is 15.0. The van der Waals surface area contributed by atoms with Gasteiger partial charge in [0.2, 0.25) is 0 Å². The summed E-state index contributed by atoms with van der Waals surface area (Å²) in [6.45, 7) is 4.62. The summed E-state index contributed by atoms with van der Waals surface area (Å²) >= 11 is 0. The van der Waals surface area contributed by atoms with Crippen molar-refractivity contribution in [3.05, 3.63) is 29.8 Å². The molecule has 2 nitrogen and oxygen atoms in total. The van der Waals surface area contributed by atoms with Crippen LogP contribution in [0.25, 0.3) is 0 Å². The van der Waals surface area contributed by atoms with E-state index >= 15 is 0 Å². The van der Waals surface area contributed by atoms with Crippen LogP contribution in [0.3, 0.4) is 0 Å². The van der Waals surface area contributed by atoms with Crippen LogP contribution in [-0.4, -0.2) is 11.8 Å². The zero-order valence-electron chi connectivity index (χ0n) is 9.88. The second kappa shape index (κ2) is 3.09. The summed E-state index contributed by atoms with van der Waals surface area (Å²) in [7, 11) is 0. The van der Waals surface area contributed by atoms with Crippen LogP contribution in [0.1, 0.15) is 32.3 Å². The van der Waals surface area contributed by atoms with Crippen molar-refractivity contribution in [2.45, 2.75) is 32.7 Å². The second-order valence-corrected chi connectivity index (χ2v) is 5.89. The molecule has 2 heteroatoms. The van der Waals surface area contributed by atoms with Gasteiger partial charge in [0.05, 0.1) is 0 Å². The first kappa shape index (κ1) is 9.88. The Kier molecular flexibility index (Phi) is 1.91. The Morgan fingerprint density at radius 2 is 2.00 bits per heavy atom. The van der Waals surface area contributed by atoms with Crippen molar-refractivity contribution in [1.82, 2.24) is 0 Å². The molecule has 0 radical (unpaired) electrons. The van der Waals surface area contributed by atoms with Crippen molar-refractivity contribution in [2.24, 2.45) is 11.3 Å². The van der Waals surface area contributed by atoms with E-state index in [1.165, 1.54) is 6.42 Å². The molecule has 1 aliphatic heterocycles. The van der Waals surface area contributed by atoms with Gasteiger partial charge in [-0.15, -0.1) is 0 Å². The van der Waals surface area contributed by atoms with Crippen LogP contribution in [0, 0.1) is 16.7 Å². The minimum atomic E-state index is 0.372. The molecule has 1 saturated carbocycles. The van der Waals surface area contributed by atoms with E-state index in [9.17, 15) is 0 Å². The highest BCUT2D eigenvalue weighted by Gasteiger charge is 2.44. The maximum Gasteiger partial charge on any atom is 0.0458 e. The zero-order valence-corrected chi connectivity index (χ0v) is 9.88. The fourth-order valence-electron chi connectivity index (χ4n) is 3.26. The molecule has 2 aliphatic rings. The topological polar surface area (TPSA) is 35.9 Å². The Hall–Kier alpha value is -1.31. The van der Waals surface area contributed by atoms with Crippen LogP contribution in [0.4, 0.5) is 5.69 Å². The fourth-order valence-corrected chi connectivity index (χ4v) is 3.26. The molecular weight excluding hydrogens is 196 g/mol. The van der Waals surface area contributed by atoms with E-state index in [1.54, 1.807) is 0 Å². The second-order valence-electron chi connectivity index (χ2n) is 5.89. The molecule has 16 heavy (non-hydrogen) atoms. The normalized spacial score (nSPS) is 30.5. The van der Waals surface area contributed by atoms with Gasteiger partial charge in [0.15, 0.2) is 0 Å². The number of fused-ring (bicyclic) bond motifs is 2. The molecule has 2 atom stereocenters. The Bertz CT molecular complexity index is 448. The van der Waals surface area contributed by atoms with Crippen LogP contribution in [0.5, 0.6) is 0 Å². The number of hydrogen-bond acceptors (Lipinski definition) is 2. The lowest BCUT2D eigenvalue weighted by Crippen LogP contribution is -2.35. The average molecular weight is 214 g/mol. The van der Waals surface area contributed by atoms with Crippen LogP contribution in [0.15, 0.2) is 24.3 Å². The molecule has 0 amide bonds. The van der Waals surface area contributed by atoms with Crippen molar-refractivity contribution < 1.29 is 0 Å². The van der Waals surface area contributed by atoms with Crippen molar-refractivity contribution in [3.63, 3.8) is 0 Å². The van der Waals surface area contributed by atoms with Crippen molar-refractivity contribution in [2.75, 3.05) is 5.32 Å². The van der Waals surface area contributed by atoms with Crippen LogP contribution < -0.4 is 5.32 Å². The van der Waals surface area contributed by atoms with E-state index in [1.807, 2.05) is 12.1 Å². The number of nitrogens with one attached hydrogen (secondary N) is 2. The van der Waals surface area contributed by atoms with Gasteiger partial charge in [-0.05, 0) is 24.3 Å². The first-order valence-electron chi connectivity index (χ1n) is 6.01. The third kappa shape index (κ3) is 1.36. The Balaban J connectivity index is 2.01. The Morgan fingerprint density at radius 1 is 1.25 bits per heavy atom. The molecule has 1 aliphatic carbocycles. The number of anilines is 1. The van der Waals surface area contributed by atoms with Gasteiger partial charge < -0.3 is 10.7 Å². The van der Waals surface area contributed by atoms with Gasteiger partial charge in [-0.2, -0.15) is 0 Å². The third-order valence-electron chi connectivity index (χ3n) is 3.96. The summed E-state index contributed by atoms with van der Waals surface area (Å²) in [5.74, 6) is 0.407. The molecule has 2 unspecified atom stereocenters. The van der Waals surface area contributed by atoms with Gasteiger partial charge in [-0.3, -0.25) is 0 Å². The minimum absolute atomic E-state index is 0.372. The minimum Gasteiger partial charge on any atom is -0.381 e. The summed E-state index contributed by atoms with van der Waals surface area (Å²) in [6, 6.07) is 8.68. The SMILES string of the molecule is CC1(C)CC2Nc3ccccc3C(=N)C2C1. The van der Waals surface area contributed by atoms with Crippen LogP contribution >= 0.6 is 0 Å². The standard InChI is InChI=1S/C14H18N2/c1-14(2)7-10-12(8-14)16-11-6-4-3-5-9(11)13(10)15/h3-6,10,12,15-16H,7-8H2,1-2H3. The lowest BCUT2D eigenvalue weighted by Gasteiger charge is -2.30. The molecule has 0 bridgehead atoms. The number of benzene rings is 1. The Labute approximate surface area is 96.6 Å². The van der Waals surface area contributed by atoms with Crippen molar-refractivity contribution >= 4 is 11.4 Å². The lowest BCUT2D eigenvalue weighted by molar-refractivity contribution is 0.373. The van der Waals surface area contributed by atoms with E-state index in [-0.39, 0.29) is 0 Å². The van der Waals surface area contributed by atoms with Gasteiger partial charge in [-0.1, -0.05) is 32.0 Å². The van der Waals surface area contributed by atoms with Gasteiger partial charge in [0.1, 0.15) is 0 Å². The first-order chi connectivity index (χ1) is 7.57. The lowest BCUT2D eigenvalue weighted by atomic mass is 9.86. The molecule has 0 spiro atoms. The van der Waals surface area contributed by atoms with Gasteiger partial charge >= 0.3 is 0 Å². The molecule has 1 fully saturated rings. The molecule has 1 aromatic carbocycles. The zero-order chi connectivity index (χ0) is 11.3. The molecule has 2 N–H and O–H groups in total. The van der Waals surface area contributed by atoms with E-state index < -0.39 is 0 Å². The molecule has 0 aromatic heterocycles. The quantitative estimate of drug-likeness (QED) is 0.683. The van der Waals surface area contributed by atoms with Crippen LogP contribution in [-0.2, 0) is 0 Å². The molecule has 84 valence electrons.